The molecule has 6 rings (SSSR count). The summed E-state index contributed by atoms with van der Waals surface area (Å²) in [6.45, 7) is 17.7. The minimum atomic E-state index is -0.664. The molecule has 34 heavy (non-hydrogen) atoms. The van der Waals surface area contributed by atoms with E-state index in [4.69, 9.17) is 4.74 Å². The van der Waals surface area contributed by atoms with Gasteiger partial charge in [0.15, 0.2) is 0 Å². The highest BCUT2D eigenvalue weighted by Gasteiger charge is 2.84. The normalized spacial score (nSPS) is 60.1. The molecule has 0 bridgehead atoms. The third-order valence-corrected chi connectivity index (χ3v) is 13.7. The fourth-order valence-electron chi connectivity index (χ4n) is 11.8. The molecule has 3 N–H and O–H groups in total. The molecule has 0 amide bonds. The van der Waals surface area contributed by atoms with Gasteiger partial charge in [0.2, 0.25) is 0 Å². The molecular formula is C30H48O4. The van der Waals surface area contributed by atoms with Crippen molar-refractivity contribution < 1.29 is 20.1 Å². The Morgan fingerprint density at radius 1 is 0.971 bits per heavy atom. The minimum absolute atomic E-state index is 0.0137. The maximum Gasteiger partial charge on any atom is 0.101 e. The molecule has 13 atom stereocenters. The lowest BCUT2D eigenvalue weighted by atomic mass is 9.41. The Labute approximate surface area is 206 Å². The van der Waals surface area contributed by atoms with Gasteiger partial charge in [0, 0.05) is 5.41 Å². The van der Waals surface area contributed by atoms with Gasteiger partial charge in [-0.25, -0.2) is 0 Å². The fourth-order valence-corrected chi connectivity index (χ4v) is 11.8. The largest absolute Gasteiger partial charge is 0.393 e. The zero-order chi connectivity index (χ0) is 24.6. The van der Waals surface area contributed by atoms with Crippen LogP contribution in [0, 0.1) is 50.7 Å². The molecular weight excluding hydrogens is 424 g/mol. The SMILES string of the molecule is C=C(C)C(O)C1C[C@@H](C)[C@H]2C(O1)[C@H](O)[C@@]1(C)C3CC[C@H]4C(C)(C)C(O)CCC45C[C@@]35CCC21C. The molecule has 5 saturated carbocycles. The quantitative estimate of drug-likeness (QED) is 0.489. The Morgan fingerprint density at radius 3 is 2.29 bits per heavy atom. The van der Waals surface area contributed by atoms with Gasteiger partial charge in [-0.05, 0) is 109 Å². The van der Waals surface area contributed by atoms with Crippen molar-refractivity contribution in [1.29, 1.82) is 0 Å². The average molecular weight is 473 g/mol. The van der Waals surface area contributed by atoms with Crippen LogP contribution in [0.5, 0.6) is 0 Å². The van der Waals surface area contributed by atoms with Crippen LogP contribution in [0.1, 0.15) is 92.9 Å². The molecule has 6 aliphatic rings. The summed E-state index contributed by atoms with van der Waals surface area (Å²) in [5, 5.41) is 33.8. The van der Waals surface area contributed by atoms with Gasteiger partial charge < -0.3 is 20.1 Å². The van der Waals surface area contributed by atoms with E-state index >= 15 is 0 Å². The lowest BCUT2D eigenvalue weighted by Crippen LogP contribution is -2.59. The van der Waals surface area contributed by atoms with Crippen molar-refractivity contribution in [3.8, 4) is 0 Å². The van der Waals surface area contributed by atoms with Crippen LogP contribution in [0.3, 0.4) is 0 Å². The van der Waals surface area contributed by atoms with E-state index < -0.39 is 12.2 Å². The summed E-state index contributed by atoms with van der Waals surface area (Å²) in [4.78, 5) is 0. The Hall–Kier alpha value is -0.420. The van der Waals surface area contributed by atoms with Crippen molar-refractivity contribution in [2.45, 2.75) is 123 Å². The molecule has 7 unspecified atom stereocenters. The second kappa shape index (κ2) is 6.91. The molecule has 192 valence electrons. The molecule has 1 heterocycles. The summed E-state index contributed by atoms with van der Waals surface area (Å²) in [6, 6.07) is 0. The average Bonchev–Trinajstić information content (AvgIpc) is 3.41. The van der Waals surface area contributed by atoms with E-state index in [-0.39, 0.29) is 34.6 Å². The van der Waals surface area contributed by atoms with Crippen molar-refractivity contribution in [2.24, 2.45) is 50.7 Å². The third-order valence-electron chi connectivity index (χ3n) is 13.7. The zero-order valence-corrected chi connectivity index (χ0v) is 22.3. The van der Waals surface area contributed by atoms with E-state index in [1.807, 2.05) is 6.92 Å². The lowest BCUT2D eigenvalue weighted by molar-refractivity contribution is -0.183. The molecule has 1 saturated heterocycles. The van der Waals surface area contributed by atoms with Gasteiger partial charge in [0.05, 0.1) is 24.4 Å². The first-order valence-electron chi connectivity index (χ1n) is 14.1. The predicted molar refractivity (Wildman–Crippen MR) is 133 cm³/mol. The highest BCUT2D eigenvalue weighted by molar-refractivity contribution is 5.32. The Bertz CT molecular complexity index is 898. The number of aliphatic hydroxyl groups excluding tert-OH is 3. The zero-order valence-electron chi connectivity index (χ0n) is 22.3. The van der Waals surface area contributed by atoms with E-state index in [0.29, 0.717) is 34.5 Å². The van der Waals surface area contributed by atoms with Crippen LogP contribution in [-0.4, -0.2) is 45.8 Å². The summed E-state index contributed by atoms with van der Waals surface area (Å²) in [5.74, 6) is 1.85. The molecule has 4 heteroatoms. The lowest BCUT2D eigenvalue weighted by Gasteiger charge is -2.63. The minimum Gasteiger partial charge on any atom is -0.393 e. The molecule has 0 aromatic carbocycles. The van der Waals surface area contributed by atoms with E-state index in [1.54, 1.807) is 0 Å². The van der Waals surface area contributed by atoms with E-state index in [9.17, 15) is 15.3 Å². The number of ether oxygens (including phenoxy) is 1. The predicted octanol–water partition coefficient (Wildman–Crippen LogP) is 5.10. The second-order valence-corrected chi connectivity index (χ2v) is 14.9. The van der Waals surface area contributed by atoms with Crippen LogP contribution in [0.15, 0.2) is 12.2 Å². The fraction of sp³-hybridized carbons (Fsp3) is 0.933. The van der Waals surface area contributed by atoms with Crippen LogP contribution in [0.4, 0.5) is 0 Å². The number of fused-ring (bicyclic) bond motifs is 4. The van der Waals surface area contributed by atoms with Crippen molar-refractivity contribution in [3.05, 3.63) is 12.2 Å². The molecule has 6 fully saturated rings. The monoisotopic (exact) mass is 472 g/mol. The van der Waals surface area contributed by atoms with Crippen molar-refractivity contribution in [1.82, 2.24) is 0 Å². The van der Waals surface area contributed by atoms with Gasteiger partial charge in [-0.1, -0.05) is 41.2 Å². The first kappa shape index (κ1) is 23.9. The summed E-state index contributed by atoms with van der Waals surface area (Å²) < 4.78 is 6.62. The standard InChI is InChI=1S/C30H48O4/c1-16(2)23(32)18-14-17(3)22-24(34-18)25(33)28(7)20-9-8-19-26(4,5)21(31)10-11-29(19)15-30(20,29)13-12-27(22,28)6/h17-25,31-33H,1,8-15H2,2-7H3/t17-,18?,19+,20?,21?,22+,23?,24?,25+,27?,28-,29?,30+/m1/s1. The van der Waals surface area contributed by atoms with Crippen LogP contribution < -0.4 is 0 Å². The first-order valence-corrected chi connectivity index (χ1v) is 14.1. The Kier molecular flexibility index (Phi) is 4.87. The number of hydrogen-bond donors (Lipinski definition) is 3. The Balaban J connectivity index is 1.37. The number of hydrogen-bond acceptors (Lipinski definition) is 4. The summed E-state index contributed by atoms with van der Waals surface area (Å²) in [7, 11) is 0. The second-order valence-electron chi connectivity index (χ2n) is 14.9. The molecule has 0 aromatic rings. The summed E-state index contributed by atoms with van der Waals surface area (Å²) >= 11 is 0. The number of aliphatic hydroxyl groups is 3. The van der Waals surface area contributed by atoms with Gasteiger partial charge in [-0.15, -0.1) is 0 Å². The third kappa shape index (κ3) is 2.46. The topological polar surface area (TPSA) is 69.9 Å². The van der Waals surface area contributed by atoms with Crippen molar-refractivity contribution >= 4 is 0 Å². The van der Waals surface area contributed by atoms with Gasteiger partial charge in [-0.2, -0.15) is 0 Å². The number of rotatable bonds is 2. The van der Waals surface area contributed by atoms with Gasteiger partial charge >= 0.3 is 0 Å². The van der Waals surface area contributed by atoms with Crippen LogP contribution in [0.25, 0.3) is 0 Å². The van der Waals surface area contributed by atoms with E-state index in [2.05, 4.69) is 41.2 Å². The first-order chi connectivity index (χ1) is 15.8. The molecule has 4 nitrogen and oxygen atoms in total. The molecule has 5 aliphatic carbocycles. The Morgan fingerprint density at radius 2 is 1.62 bits per heavy atom. The van der Waals surface area contributed by atoms with Gasteiger partial charge in [-0.3, -0.25) is 0 Å². The summed E-state index contributed by atoms with van der Waals surface area (Å²) in [6.07, 6.45) is 7.18. The molecule has 1 aliphatic heterocycles. The maximum atomic E-state index is 12.1. The maximum absolute atomic E-state index is 12.1. The molecule has 0 radical (unpaired) electrons. The van der Waals surface area contributed by atoms with Crippen LogP contribution in [0.2, 0.25) is 0 Å². The van der Waals surface area contributed by atoms with Crippen molar-refractivity contribution in [2.75, 3.05) is 0 Å². The highest BCUT2D eigenvalue weighted by atomic mass is 16.5. The van der Waals surface area contributed by atoms with Crippen LogP contribution in [-0.2, 0) is 4.74 Å². The van der Waals surface area contributed by atoms with Gasteiger partial charge in [0.1, 0.15) is 6.10 Å². The highest BCUT2D eigenvalue weighted by Crippen LogP contribution is 2.89. The molecule has 0 aromatic heterocycles. The van der Waals surface area contributed by atoms with Crippen molar-refractivity contribution in [3.63, 3.8) is 0 Å². The molecule has 2 spiro atoms. The van der Waals surface area contributed by atoms with Gasteiger partial charge in [0.25, 0.3) is 0 Å². The smallest absolute Gasteiger partial charge is 0.101 e. The van der Waals surface area contributed by atoms with E-state index in [1.165, 1.54) is 19.3 Å². The van der Waals surface area contributed by atoms with E-state index in [0.717, 1.165) is 37.7 Å². The van der Waals surface area contributed by atoms with Crippen LogP contribution >= 0.6 is 0 Å². The summed E-state index contributed by atoms with van der Waals surface area (Å²) in [5.41, 5.74) is 1.30.